The molecule has 3 N–H and O–H groups in total. The van der Waals surface area contributed by atoms with Crippen molar-refractivity contribution >= 4 is 17.5 Å². The molecule has 0 radical (unpaired) electrons. The van der Waals surface area contributed by atoms with Crippen molar-refractivity contribution in [3.63, 3.8) is 0 Å². The molecule has 2 aliphatic heterocycles. The highest BCUT2D eigenvalue weighted by atomic mass is 19.1. The molecule has 0 aromatic heterocycles. The molecule has 0 aliphatic carbocycles. The number of carbonyl (C=O) groups excluding carboxylic acids is 2. The van der Waals surface area contributed by atoms with Crippen LogP contribution in [0.2, 0.25) is 0 Å². The number of nitrogens with two attached hydrogens (primary N) is 1. The molecule has 0 saturated carbocycles. The van der Waals surface area contributed by atoms with Crippen LogP contribution in [0, 0.1) is 17.7 Å². The molecule has 6 nitrogen and oxygen atoms in total. The van der Waals surface area contributed by atoms with Gasteiger partial charge >= 0.3 is 0 Å². The van der Waals surface area contributed by atoms with Crippen molar-refractivity contribution in [2.75, 3.05) is 32.0 Å². The number of rotatable bonds is 5. The van der Waals surface area contributed by atoms with Crippen molar-refractivity contribution in [1.29, 1.82) is 0 Å². The number of hydrogen-bond acceptors (Lipinski definition) is 4. The molecular formula is C25H31FN4O2. The lowest BCUT2D eigenvalue weighted by Crippen LogP contribution is -2.46. The van der Waals surface area contributed by atoms with Gasteiger partial charge in [0.05, 0.1) is 5.92 Å². The molecule has 4 rings (SSSR count). The van der Waals surface area contributed by atoms with E-state index in [4.69, 9.17) is 5.73 Å². The van der Waals surface area contributed by atoms with Crippen molar-refractivity contribution in [2.24, 2.45) is 17.6 Å². The van der Waals surface area contributed by atoms with Gasteiger partial charge in [0, 0.05) is 31.4 Å². The van der Waals surface area contributed by atoms with E-state index < -0.39 is 6.04 Å². The van der Waals surface area contributed by atoms with Crippen LogP contribution in [0.4, 0.5) is 10.1 Å². The van der Waals surface area contributed by atoms with Crippen molar-refractivity contribution in [1.82, 2.24) is 9.80 Å². The molecule has 2 aromatic rings. The Hall–Kier alpha value is -2.77. The third kappa shape index (κ3) is 5.00. The fourth-order valence-electron chi connectivity index (χ4n) is 5.05. The fraction of sp³-hybridized carbons (Fsp3) is 0.440. The molecule has 170 valence electrons. The highest BCUT2D eigenvalue weighted by Crippen LogP contribution is 2.34. The standard InChI is InChI=1S/C25H31FN4O2/c1-29-16-19(24(31)28-21-9-7-20(26)8-10-21)15-22(29)17-11-13-30(14-12-17)25(32)23(27)18-5-3-2-4-6-18/h2-10,17,19,22-23H,11-16,27H2,1H3,(H,28,31)/t19-,22+,23+/m1/s1. The lowest BCUT2D eigenvalue weighted by atomic mass is 9.86. The van der Waals surface area contributed by atoms with E-state index in [1.165, 1.54) is 12.1 Å². The maximum atomic E-state index is 13.1. The third-order valence-corrected chi connectivity index (χ3v) is 6.90. The second-order valence-corrected chi connectivity index (χ2v) is 8.99. The van der Waals surface area contributed by atoms with Gasteiger partial charge in [-0.15, -0.1) is 0 Å². The van der Waals surface area contributed by atoms with Gasteiger partial charge in [0.2, 0.25) is 11.8 Å². The quantitative estimate of drug-likeness (QED) is 0.752. The summed E-state index contributed by atoms with van der Waals surface area (Å²) < 4.78 is 13.1. The van der Waals surface area contributed by atoms with Crippen LogP contribution in [-0.4, -0.2) is 54.3 Å². The van der Waals surface area contributed by atoms with Crippen LogP contribution < -0.4 is 11.1 Å². The monoisotopic (exact) mass is 438 g/mol. The van der Waals surface area contributed by atoms with E-state index in [9.17, 15) is 14.0 Å². The Kier molecular flexibility index (Phi) is 6.86. The van der Waals surface area contributed by atoms with Crippen LogP contribution in [0.1, 0.15) is 30.9 Å². The second-order valence-electron chi connectivity index (χ2n) is 8.99. The number of anilines is 1. The molecule has 7 heteroatoms. The first kappa shape index (κ1) is 22.4. The largest absolute Gasteiger partial charge is 0.341 e. The SMILES string of the molecule is CN1C[C@H](C(=O)Nc2ccc(F)cc2)C[C@H]1C1CCN(C(=O)[C@@H](N)c2ccccc2)CC1. The molecule has 0 spiro atoms. The molecule has 3 atom stereocenters. The van der Waals surface area contributed by atoms with E-state index in [1.807, 2.05) is 35.2 Å². The number of likely N-dealkylation sites (tertiary alicyclic amines) is 2. The van der Waals surface area contributed by atoms with E-state index >= 15 is 0 Å². The van der Waals surface area contributed by atoms with Crippen molar-refractivity contribution in [2.45, 2.75) is 31.3 Å². The van der Waals surface area contributed by atoms with E-state index in [0.717, 1.165) is 24.8 Å². The van der Waals surface area contributed by atoms with E-state index in [2.05, 4.69) is 17.3 Å². The molecule has 2 fully saturated rings. The number of piperidine rings is 1. The number of carbonyl (C=O) groups is 2. The molecule has 2 saturated heterocycles. The van der Waals surface area contributed by atoms with E-state index in [-0.39, 0.29) is 23.5 Å². The predicted octanol–water partition coefficient (Wildman–Crippen LogP) is 3.02. The van der Waals surface area contributed by atoms with Gasteiger partial charge in [0.1, 0.15) is 11.9 Å². The second kappa shape index (κ2) is 9.79. The van der Waals surface area contributed by atoms with Gasteiger partial charge in [-0.1, -0.05) is 30.3 Å². The molecular weight excluding hydrogens is 407 g/mol. The molecule has 2 aliphatic rings. The van der Waals surface area contributed by atoms with Gasteiger partial charge < -0.3 is 20.9 Å². The number of hydrogen-bond donors (Lipinski definition) is 2. The Balaban J connectivity index is 1.29. The highest BCUT2D eigenvalue weighted by molar-refractivity contribution is 5.92. The topological polar surface area (TPSA) is 78.7 Å². The van der Waals surface area contributed by atoms with Gasteiger partial charge in [-0.3, -0.25) is 9.59 Å². The summed E-state index contributed by atoms with van der Waals surface area (Å²) in [5.74, 6) is -0.0153. The van der Waals surface area contributed by atoms with Crippen molar-refractivity contribution < 1.29 is 14.0 Å². The van der Waals surface area contributed by atoms with Crippen LogP contribution in [0.3, 0.4) is 0 Å². The maximum Gasteiger partial charge on any atom is 0.244 e. The molecule has 0 unspecified atom stereocenters. The fourth-order valence-corrected chi connectivity index (χ4v) is 5.05. The summed E-state index contributed by atoms with van der Waals surface area (Å²) in [7, 11) is 2.07. The first-order chi connectivity index (χ1) is 15.4. The number of halogens is 1. The molecule has 2 amide bonds. The van der Waals surface area contributed by atoms with Crippen LogP contribution in [0.25, 0.3) is 0 Å². The summed E-state index contributed by atoms with van der Waals surface area (Å²) in [6, 6.07) is 15.0. The van der Waals surface area contributed by atoms with Gasteiger partial charge in [0.15, 0.2) is 0 Å². The average Bonchev–Trinajstić information content (AvgIpc) is 3.22. The van der Waals surface area contributed by atoms with E-state index in [0.29, 0.717) is 37.3 Å². The van der Waals surface area contributed by atoms with Crippen molar-refractivity contribution in [3.05, 3.63) is 66.0 Å². The molecule has 2 heterocycles. The zero-order valence-electron chi connectivity index (χ0n) is 18.4. The number of nitrogens with one attached hydrogen (secondary N) is 1. The first-order valence-corrected chi connectivity index (χ1v) is 11.3. The Morgan fingerprint density at radius 3 is 2.38 bits per heavy atom. The average molecular weight is 439 g/mol. The molecule has 0 bridgehead atoms. The number of benzene rings is 2. The summed E-state index contributed by atoms with van der Waals surface area (Å²) in [5.41, 5.74) is 7.66. The Labute approximate surface area is 188 Å². The Morgan fingerprint density at radius 1 is 1.06 bits per heavy atom. The van der Waals surface area contributed by atoms with Crippen molar-refractivity contribution in [3.8, 4) is 0 Å². The highest BCUT2D eigenvalue weighted by Gasteiger charge is 2.40. The summed E-state index contributed by atoms with van der Waals surface area (Å²) in [4.78, 5) is 29.7. The van der Waals surface area contributed by atoms with Crippen LogP contribution in [0.15, 0.2) is 54.6 Å². The molecule has 32 heavy (non-hydrogen) atoms. The van der Waals surface area contributed by atoms with Gasteiger partial charge in [-0.25, -0.2) is 4.39 Å². The third-order valence-electron chi connectivity index (χ3n) is 6.90. The van der Waals surface area contributed by atoms with E-state index in [1.54, 1.807) is 12.1 Å². The van der Waals surface area contributed by atoms with Crippen LogP contribution in [0.5, 0.6) is 0 Å². The van der Waals surface area contributed by atoms with Crippen LogP contribution >= 0.6 is 0 Å². The summed E-state index contributed by atoms with van der Waals surface area (Å²) in [6.07, 6.45) is 2.62. The summed E-state index contributed by atoms with van der Waals surface area (Å²) >= 11 is 0. The molecule has 2 aromatic carbocycles. The van der Waals surface area contributed by atoms with Gasteiger partial charge in [-0.2, -0.15) is 0 Å². The minimum absolute atomic E-state index is 0.0209. The lowest BCUT2D eigenvalue weighted by molar-refractivity contribution is -0.134. The minimum atomic E-state index is -0.624. The normalized spacial score (nSPS) is 23.2. The zero-order valence-corrected chi connectivity index (χ0v) is 18.4. The summed E-state index contributed by atoms with van der Waals surface area (Å²) in [5, 5.41) is 2.91. The van der Waals surface area contributed by atoms with Gasteiger partial charge in [0.25, 0.3) is 0 Å². The number of nitrogens with zero attached hydrogens (tertiary/aromatic N) is 2. The smallest absolute Gasteiger partial charge is 0.244 e. The number of amides is 2. The maximum absolute atomic E-state index is 13.1. The predicted molar refractivity (Wildman–Crippen MR) is 122 cm³/mol. The Bertz CT molecular complexity index is 929. The zero-order chi connectivity index (χ0) is 22.7. The first-order valence-electron chi connectivity index (χ1n) is 11.3. The van der Waals surface area contributed by atoms with Gasteiger partial charge in [-0.05, 0) is 62.1 Å². The lowest BCUT2D eigenvalue weighted by Gasteiger charge is -2.38. The Morgan fingerprint density at radius 2 is 1.72 bits per heavy atom. The summed E-state index contributed by atoms with van der Waals surface area (Å²) in [6.45, 7) is 2.09. The minimum Gasteiger partial charge on any atom is -0.341 e. The van der Waals surface area contributed by atoms with Crippen LogP contribution in [-0.2, 0) is 9.59 Å².